The Labute approximate surface area is 88.6 Å². The molecule has 0 saturated carbocycles. The van der Waals surface area contributed by atoms with Crippen molar-refractivity contribution in [2.24, 2.45) is 5.41 Å². The molecular weight excluding hydrogens is 196 g/mol. The Balaban J connectivity index is 2.79. The zero-order valence-electron chi connectivity index (χ0n) is 9.07. The van der Waals surface area contributed by atoms with Gasteiger partial charge in [-0.15, -0.1) is 0 Å². The highest BCUT2D eigenvalue weighted by molar-refractivity contribution is 5.92. The van der Waals surface area contributed by atoms with E-state index in [1.165, 1.54) is 14.2 Å². The maximum atomic E-state index is 11.4. The first-order valence-corrected chi connectivity index (χ1v) is 4.59. The minimum absolute atomic E-state index is 0.307. The van der Waals surface area contributed by atoms with Gasteiger partial charge in [0, 0.05) is 0 Å². The summed E-state index contributed by atoms with van der Waals surface area (Å²) in [4.78, 5) is 22.6. The van der Waals surface area contributed by atoms with Gasteiger partial charge in [0.25, 0.3) is 0 Å². The highest BCUT2D eigenvalue weighted by atomic mass is 16.5. The van der Waals surface area contributed by atoms with Crippen LogP contribution in [-0.4, -0.2) is 26.2 Å². The van der Waals surface area contributed by atoms with Gasteiger partial charge in [0.1, 0.15) is 0 Å². The van der Waals surface area contributed by atoms with Crippen molar-refractivity contribution in [3.63, 3.8) is 0 Å². The average Bonchev–Trinajstić information content (AvgIpc) is 2.28. The van der Waals surface area contributed by atoms with Crippen LogP contribution in [0.15, 0.2) is 23.8 Å². The molecular formula is C11H14O4. The molecule has 0 N–H and O–H groups in total. The maximum absolute atomic E-state index is 11.4. The highest BCUT2D eigenvalue weighted by Crippen LogP contribution is 2.30. The molecule has 0 spiro atoms. The Kier molecular flexibility index (Phi) is 3.29. The van der Waals surface area contributed by atoms with Gasteiger partial charge in [-0.1, -0.05) is 18.2 Å². The van der Waals surface area contributed by atoms with Gasteiger partial charge in [-0.3, -0.25) is 4.79 Å². The summed E-state index contributed by atoms with van der Waals surface area (Å²) in [6.07, 6.45) is 5.39. The summed E-state index contributed by atoms with van der Waals surface area (Å²) in [7, 11) is 2.67. The van der Waals surface area contributed by atoms with Crippen LogP contribution in [0.25, 0.3) is 0 Å². The molecule has 1 aliphatic carbocycles. The van der Waals surface area contributed by atoms with E-state index in [0.717, 1.165) is 0 Å². The van der Waals surface area contributed by atoms with Crippen molar-refractivity contribution in [2.75, 3.05) is 14.2 Å². The molecule has 0 aromatic rings. The van der Waals surface area contributed by atoms with E-state index >= 15 is 0 Å². The van der Waals surface area contributed by atoms with Crippen LogP contribution in [0.1, 0.15) is 13.3 Å². The number of carbonyl (C=O) groups excluding carboxylic acids is 2. The molecule has 0 aromatic carbocycles. The lowest BCUT2D eigenvalue weighted by Crippen LogP contribution is -2.28. The van der Waals surface area contributed by atoms with Crippen molar-refractivity contribution in [1.82, 2.24) is 0 Å². The van der Waals surface area contributed by atoms with Crippen LogP contribution in [0.4, 0.5) is 0 Å². The van der Waals surface area contributed by atoms with Crippen molar-refractivity contribution in [3.05, 3.63) is 23.8 Å². The molecule has 15 heavy (non-hydrogen) atoms. The second kappa shape index (κ2) is 4.29. The van der Waals surface area contributed by atoms with Crippen LogP contribution in [0.2, 0.25) is 0 Å². The lowest BCUT2D eigenvalue weighted by Gasteiger charge is -2.24. The van der Waals surface area contributed by atoms with E-state index in [1.807, 2.05) is 0 Å². The second-order valence-electron chi connectivity index (χ2n) is 3.60. The molecule has 0 radical (unpaired) electrons. The third kappa shape index (κ3) is 2.26. The predicted molar refractivity (Wildman–Crippen MR) is 54.0 cm³/mol. The summed E-state index contributed by atoms with van der Waals surface area (Å²) in [5.74, 6) is -0.697. The van der Waals surface area contributed by atoms with Gasteiger partial charge in [-0.05, 0) is 13.3 Å². The molecule has 1 aliphatic rings. The van der Waals surface area contributed by atoms with Gasteiger partial charge in [-0.25, -0.2) is 4.79 Å². The van der Waals surface area contributed by atoms with Gasteiger partial charge in [-0.2, -0.15) is 0 Å². The zero-order chi connectivity index (χ0) is 11.5. The van der Waals surface area contributed by atoms with Crippen LogP contribution in [0, 0.1) is 5.41 Å². The number of esters is 2. The van der Waals surface area contributed by atoms with E-state index in [4.69, 9.17) is 0 Å². The summed E-state index contributed by atoms with van der Waals surface area (Å²) in [6, 6.07) is 0. The first-order chi connectivity index (χ1) is 7.03. The molecule has 0 heterocycles. The van der Waals surface area contributed by atoms with Gasteiger partial charge in [0.15, 0.2) is 0 Å². The molecule has 0 saturated heterocycles. The molecule has 0 aromatic heterocycles. The largest absolute Gasteiger partial charge is 0.468 e. The molecule has 4 heteroatoms. The van der Waals surface area contributed by atoms with E-state index in [2.05, 4.69) is 9.47 Å². The Morgan fingerprint density at radius 3 is 2.40 bits per heavy atom. The Hall–Kier alpha value is -1.58. The van der Waals surface area contributed by atoms with Gasteiger partial charge in [0.2, 0.25) is 0 Å². The number of methoxy groups -OCH3 is 2. The third-order valence-electron chi connectivity index (χ3n) is 2.45. The topological polar surface area (TPSA) is 52.6 Å². The van der Waals surface area contributed by atoms with Crippen molar-refractivity contribution in [1.29, 1.82) is 0 Å². The van der Waals surface area contributed by atoms with Crippen molar-refractivity contribution in [3.8, 4) is 0 Å². The first kappa shape index (κ1) is 11.5. The molecule has 0 aliphatic heterocycles. The summed E-state index contributed by atoms with van der Waals surface area (Å²) in [6.45, 7) is 1.76. The van der Waals surface area contributed by atoms with Crippen LogP contribution < -0.4 is 0 Å². The number of rotatable bonds is 2. The fourth-order valence-electron chi connectivity index (χ4n) is 1.39. The lowest BCUT2D eigenvalue weighted by atomic mass is 9.82. The molecule has 0 amide bonds. The van der Waals surface area contributed by atoms with E-state index in [0.29, 0.717) is 12.0 Å². The molecule has 1 unspecified atom stereocenters. The minimum Gasteiger partial charge on any atom is -0.468 e. The molecule has 82 valence electrons. The Morgan fingerprint density at radius 1 is 1.33 bits per heavy atom. The maximum Gasteiger partial charge on any atom is 0.337 e. The number of hydrogen-bond donors (Lipinski definition) is 0. The normalized spacial score (nSPS) is 24.3. The fraction of sp³-hybridized carbons (Fsp3) is 0.455. The summed E-state index contributed by atoms with van der Waals surface area (Å²) >= 11 is 0. The fourth-order valence-corrected chi connectivity index (χ4v) is 1.39. The Bertz CT molecular complexity index is 340. The van der Waals surface area contributed by atoms with Crippen molar-refractivity contribution < 1.29 is 19.1 Å². The van der Waals surface area contributed by atoms with Gasteiger partial charge < -0.3 is 9.47 Å². The first-order valence-electron chi connectivity index (χ1n) is 4.59. The number of carbonyl (C=O) groups is 2. The number of ether oxygens (including phenoxy) is 2. The smallest absolute Gasteiger partial charge is 0.337 e. The second-order valence-corrected chi connectivity index (χ2v) is 3.60. The lowest BCUT2D eigenvalue weighted by molar-refractivity contribution is -0.149. The van der Waals surface area contributed by atoms with Gasteiger partial charge in [0.05, 0.1) is 25.2 Å². The molecule has 1 rings (SSSR count). The predicted octanol–water partition coefficient (Wildman–Crippen LogP) is 1.22. The van der Waals surface area contributed by atoms with Crippen molar-refractivity contribution in [2.45, 2.75) is 13.3 Å². The standard InChI is InChI=1S/C11H14O4/c1-11(10(13)15-3)6-4-8(5-7-11)9(12)14-2/h4-6H,7H2,1-3H3. The number of allylic oxidation sites excluding steroid dienone is 1. The summed E-state index contributed by atoms with van der Waals surface area (Å²) in [5.41, 5.74) is -0.203. The van der Waals surface area contributed by atoms with Crippen molar-refractivity contribution >= 4 is 11.9 Å². The summed E-state index contributed by atoms with van der Waals surface area (Å²) < 4.78 is 9.25. The van der Waals surface area contributed by atoms with Crippen LogP contribution in [-0.2, 0) is 19.1 Å². The van der Waals surface area contributed by atoms with E-state index in [9.17, 15) is 9.59 Å². The average molecular weight is 210 g/mol. The monoisotopic (exact) mass is 210 g/mol. The van der Waals surface area contributed by atoms with Crippen LogP contribution >= 0.6 is 0 Å². The molecule has 0 bridgehead atoms. The molecule has 0 fully saturated rings. The van der Waals surface area contributed by atoms with E-state index in [1.54, 1.807) is 25.2 Å². The third-order valence-corrected chi connectivity index (χ3v) is 2.45. The van der Waals surface area contributed by atoms with E-state index < -0.39 is 11.4 Å². The zero-order valence-corrected chi connectivity index (χ0v) is 9.07. The summed E-state index contributed by atoms with van der Waals surface area (Å²) in [5, 5.41) is 0. The highest BCUT2D eigenvalue weighted by Gasteiger charge is 2.33. The van der Waals surface area contributed by atoms with Crippen LogP contribution in [0.3, 0.4) is 0 Å². The molecule has 4 nitrogen and oxygen atoms in total. The quantitative estimate of drug-likeness (QED) is 0.643. The Morgan fingerprint density at radius 2 is 2.00 bits per heavy atom. The molecule has 1 atom stereocenters. The van der Waals surface area contributed by atoms with Crippen LogP contribution in [0.5, 0.6) is 0 Å². The minimum atomic E-state index is -0.674. The van der Waals surface area contributed by atoms with E-state index in [-0.39, 0.29) is 5.97 Å². The number of hydrogen-bond acceptors (Lipinski definition) is 4. The van der Waals surface area contributed by atoms with Gasteiger partial charge >= 0.3 is 11.9 Å². The SMILES string of the molecule is COC(=O)C1=CCC(C)(C(=O)OC)C=C1.